The van der Waals surface area contributed by atoms with Gasteiger partial charge in [0.15, 0.2) is 5.16 Å². The molecule has 0 saturated carbocycles. The molecule has 1 amide bonds. The van der Waals surface area contributed by atoms with Crippen molar-refractivity contribution in [3.8, 4) is 5.75 Å². The van der Waals surface area contributed by atoms with Gasteiger partial charge >= 0.3 is 0 Å². The van der Waals surface area contributed by atoms with E-state index in [1.54, 1.807) is 6.33 Å². The van der Waals surface area contributed by atoms with Crippen molar-refractivity contribution < 1.29 is 9.53 Å². The lowest BCUT2D eigenvalue weighted by Gasteiger charge is -2.36. The maximum atomic E-state index is 12.6. The van der Waals surface area contributed by atoms with Gasteiger partial charge in [0.2, 0.25) is 5.91 Å². The van der Waals surface area contributed by atoms with E-state index in [0.29, 0.717) is 12.4 Å². The number of thioether (sulfide) groups is 1. The zero-order valence-electron chi connectivity index (χ0n) is 16.2. The van der Waals surface area contributed by atoms with Crippen LogP contribution in [-0.2, 0) is 4.79 Å². The Morgan fingerprint density at radius 2 is 1.96 bits per heavy atom. The number of para-hydroxylation sites is 2. The van der Waals surface area contributed by atoms with Crippen LogP contribution in [0, 0.1) is 0 Å². The first-order chi connectivity index (χ1) is 13.1. The SMILES string of the molecule is CCOc1ccccc1N1CCN(C(=O)CSc2nncn2C(C)C)CC1. The lowest BCUT2D eigenvalue weighted by molar-refractivity contribution is -0.128. The molecule has 0 spiro atoms. The van der Waals surface area contributed by atoms with Crippen LogP contribution in [0.1, 0.15) is 26.8 Å². The van der Waals surface area contributed by atoms with Crippen molar-refractivity contribution in [2.24, 2.45) is 0 Å². The average molecular weight is 390 g/mol. The van der Waals surface area contributed by atoms with Gasteiger partial charge in [-0.05, 0) is 32.9 Å². The van der Waals surface area contributed by atoms with Crippen LogP contribution in [-0.4, -0.2) is 64.1 Å². The molecule has 7 nitrogen and oxygen atoms in total. The summed E-state index contributed by atoms with van der Waals surface area (Å²) in [6.07, 6.45) is 1.71. The van der Waals surface area contributed by atoms with Crippen LogP contribution >= 0.6 is 11.8 Å². The molecule has 1 aliphatic heterocycles. The molecule has 27 heavy (non-hydrogen) atoms. The number of carbonyl (C=O) groups excluding carboxylic acids is 1. The number of piperazine rings is 1. The lowest BCUT2D eigenvalue weighted by Crippen LogP contribution is -2.49. The average Bonchev–Trinajstić information content (AvgIpc) is 3.16. The summed E-state index contributed by atoms with van der Waals surface area (Å²) in [5, 5.41) is 8.86. The van der Waals surface area contributed by atoms with Crippen LogP contribution < -0.4 is 9.64 Å². The van der Waals surface area contributed by atoms with E-state index in [1.165, 1.54) is 11.8 Å². The van der Waals surface area contributed by atoms with Crippen molar-refractivity contribution in [2.75, 3.05) is 43.4 Å². The second-order valence-corrected chi connectivity index (χ2v) is 7.61. The second kappa shape index (κ2) is 9.12. The first kappa shape index (κ1) is 19.5. The Morgan fingerprint density at radius 3 is 2.67 bits per heavy atom. The van der Waals surface area contributed by atoms with Crippen molar-refractivity contribution in [2.45, 2.75) is 32.0 Å². The standard InChI is InChI=1S/C19H27N5O2S/c1-4-26-17-8-6-5-7-16(17)22-9-11-23(12-10-22)18(25)13-27-19-21-20-14-24(19)15(2)3/h5-8,14-15H,4,9-13H2,1-3H3. The summed E-state index contributed by atoms with van der Waals surface area (Å²) >= 11 is 1.45. The van der Waals surface area contributed by atoms with E-state index in [1.807, 2.05) is 34.6 Å². The fourth-order valence-corrected chi connectivity index (χ4v) is 4.05. The smallest absolute Gasteiger partial charge is 0.233 e. The quantitative estimate of drug-likeness (QED) is 0.679. The summed E-state index contributed by atoms with van der Waals surface area (Å²) in [5.41, 5.74) is 1.10. The molecular weight excluding hydrogens is 362 g/mol. The normalized spacial score (nSPS) is 14.7. The number of anilines is 1. The Balaban J connectivity index is 1.53. The third kappa shape index (κ3) is 4.74. The monoisotopic (exact) mass is 389 g/mol. The first-order valence-corrected chi connectivity index (χ1v) is 10.4. The van der Waals surface area contributed by atoms with E-state index in [4.69, 9.17) is 4.74 Å². The van der Waals surface area contributed by atoms with Crippen molar-refractivity contribution in [1.82, 2.24) is 19.7 Å². The van der Waals surface area contributed by atoms with Crippen molar-refractivity contribution in [1.29, 1.82) is 0 Å². The number of carbonyl (C=O) groups is 1. The fourth-order valence-electron chi connectivity index (χ4n) is 3.10. The summed E-state index contributed by atoms with van der Waals surface area (Å²) in [4.78, 5) is 16.8. The van der Waals surface area contributed by atoms with Gasteiger partial charge in [-0.2, -0.15) is 0 Å². The minimum atomic E-state index is 0.149. The van der Waals surface area contributed by atoms with Gasteiger partial charge in [-0.3, -0.25) is 4.79 Å². The molecule has 0 unspecified atom stereocenters. The minimum Gasteiger partial charge on any atom is -0.492 e. The largest absolute Gasteiger partial charge is 0.492 e. The predicted octanol–water partition coefficient (Wildman–Crippen LogP) is 2.70. The van der Waals surface area contributed by atoms with Gasteiger partial charge in [0.25, 0.3) is 0 Å². The highest BCUT2D eigenvalue weighted by atomic mass is 32.2. The van der Waals surface area contributed by atoms with E-state index in [2.05, 4.69) is 35.0 Å². The summed E-state index contributed by atoms with van der Waals surface area (Å²) in [5.74, 6) is 1.44. The molecule has 2 aromatic rings. The summed E-state index contributed by atoms with van der Waals surface area (Å²) in [6.45, 7) is 9.85. The zero-order valence-corrected chi connectivity index (χ0v) is 17.0. The molecule has 1 saturated heterocycles. The number of hydrogen-bond donors (Lipinski definition) is 0. The van der Waals surface area contributed by atoms with E-state index >= 15 is 0 Å². The molecule has 1 aromatic heterocycles. The molecule has 1 aromatic carbocycles. The fraction of sp³-hybridized carbons (Fsp3) is 0.526. The molecule has 2 heterocycles. The van der Waals surface area contributed by atoms with Crippen molar-refractivity contribution in [3.05, 3.63) is 30.6 Å². The Kier molecular flexibility index (Phi) is 6.60. The maximum absolute atomic E-state index is 12.6. The Hall–Kier alpha value is -2.22. The van der Waals surface area contributed by atoms with Crippen LogP contribution in [0.2, 0.25) is 0 Å². The number of ether oxygens (including phenoxy) is 1. The van der Waals surface area contributed by atoms with Crippen LogP contribution in [0.5, 0.6) is 5.75 Å². The molecule has 0 radical (unpaired) electrons. The van der Waals surface area contributed by atoms with Gasteiger partial charge in [-0.15, -0.1) is 10.2 Å². The predicted molar refractivity (Wildman–Crippen MR) is 108 cm³/mol. The summed E-state index contributed by atoms with van der Waals surface area (Å²) in [6, 6.07) is 8.37. The highest BCUT2D eigenvalue weighted by molar-refractivity contribution is 7.99. The molecule has 1 aliphatic rings. The Bertz CT molecular complexity index is 756. The van der Waals surface area contributed by atoms with E-state index in [9.17, 15) is 4.79 Å². The lowest BCUT2D eigenvalue weighted by atomic mass is 10.2. The van der Waals surface area contributed by atoms with Crippen LogP contribution in [0.25, 0.3) is 0 Å². The Labute approximate surface area is 164 Å². The number of benzene rings is 1. The third-order valence-electron chi connectivity index (χ3n) is 4.56. The van der Waals surface area contributed by atoms with Gasteiger partial charge in [0.1, 0.15) is 12.1 Å². The number of rotatable bonds is 7. The molecule has 8 heteroatoms. The van der Waals surface area contributed by atoms with Gasteiger partial charge in [0, 0.05) is 32.2 Å². The van der Waals surface area contributed by atoms with Gasteiger partial charge in [-0.1, -0.05) is 23.9 Å². The molecule has 0 bridgehead atoms. The van der Waals surface area contributed by atoms with E-state index in [-0.39, 0.29) is 11.9 Å². The van der Waals surface area contributed by atoms with Gasteiger partial charge in [-0.25, -0.2) is 0 Å². The van der Waals surface area contributed by atoms with Crippen molar-refractivity contribution in [3.63, 3.8) is 0 Å². The molecule has 1 fully saturated rings. The van der Waals surface area contributed by atoms with Crippen LogP contribution in [0.3, 0.4) is 0 Å². The van der Waals surface area contributed by atoms with E-state index < -0.39 is 0 Å². The van der Waals surface area contributed by atoms with Crippen LogP contribution in [0.15, 0.2) is 35.7 Å². The maximum Gasteiger partial charge on any atom is 0.233 e. The summed E-state index contributed by atoms with van der Waals surface area (Å²) in [7, 11) is 0. The van der Waals surface area contributed by atoms with Gasteiger partial charge < -0.3 is 19.1 Å². The molecular formula is C19H27N5O2S. The molecule has 0 atom stereocenters. The first-order valence-electron chi connectivity index (χ1n) is 9.37. The van der Waals surface area contributed by atoms with Crippen LogP contribution in [0.4, 0.5) is 5.69 Å². The number of nitrogens with zero attached hydrogens (tertiary/aromatic N) is 5. The molecule has 146 valence electrons. The topological polar surface area (TPSA) is 63.5 Å². The van der Waals surface area contributed by atoms with E-state index in [0.717, 1.165) is 42.8 Å². The highest BCUT2D eigenvalue weighted by Crippen LogP contribution is 2.29. The zero-order chi connectivity index (χ0) is 19.2. The number of amides is 1. The summed E-state index contributed by atoms with van der Waals surface area (Å²) < 4.78 is 7.72. The molecule has 3 rings (SSSR count). The number of hydrogen-bond acceptors (Lipinski definition) is 6. The second-order valence-electron chi connectivity index (χ2n) is 6.67. The highest BCUT2D eigenvalue weighted by Gasteiger charge is 2.23. The van der Waals surface area contributed by atoms with Gasteiger partial charge in [0.05, 0.1) is 18.0 Å². The number of aromatic nitrogens is 3. The van der Waals surface area contributed by atoms with Crippen molar-refractivity contribution >= 4 is 23.4 Å². The molecule has 0 aliphatic carbocycles. The molecule has 0 N–H and O–H groups in total. The Morgan fingerprint density at radius 1 is 1.22 bits per heavy atom. The minimum absolute atomic E-state index is 0.149. The third-order valence-corrected chi connectivity index (χ3v) is 5.50.